The zero-order chi connectivity index (χ0) is 21.9. The van der Waals surface area contributed by atoms with Crippen LogP contribution in [0, 0.1) is 5.92 Å². The van der Waals surface area contributed by atoms with Crippen LogP contribution in [0.15, 0.2) is 78.9 Å². The number of aryl methyl sites for hydroxylation is 2. The summed E-state index contributed by atoms with van der Waals surface area (Å²) < 4.78 is 0. The summed E-state index contributed by atoms with van der Waals surface area (Å²) in [5.74, 6) is -0.211. The van der Waals surface area contributed by atoms with Crippen LogP contribution in [0.5, 0.6) is 0 Å². The first-order chi connectivity index (χ1) is 15.8. The van der Waals surface area contributed by atoms with Crippen LogP contribution < -0.4 is 0 Å². The maximum absolute atomic E-state index is 11.8. The molecule has 1 atom stereocenters. The lowest BCUT2D eigenvalue weighted by Gasteiger charge is -2.18. The molecule has 2 nitrogen and oxygen atoms in total. The quantitative estimate of drug-likeness (QED) is 0.260. The van der Waals surface area contributed by atoms with E-state index >= 15 is 0 Å². The average molecular weight is 419 g/mol. The number of fused-ring (bicyclic) bond motifs is 6. The molecule has 0 amide bonds. The van der Waals surface area contributed by atoms with Crippen LogP contribution in [0.2, 0.25) is 0 Å². The molecule has 0 N–H and O–H groups in total. The number of ketones is 1. The number of benzene rings is 4. The van der Waals surface area contributed by atoms with Crippen LogP contribution in [0.4, 0.5) is 0 Å². The Labute approximate surface area is 188 Å². The Balaban J connectivity index is 0.000000140. The number of carbonyl (C=O) groups is 2. The average Bonchev–Trinajstić information content (AvgIpc) is 2.86. The van der Waals surface area contributed by atoms with Crippen molar-refractivity contribution in [3.8, 4) is 0 Å². The van der Waals surface area contributed by atoms with Gasteiger partial charge < -0.3 is 4.79 Å². The molecule has 0 aromatic heterocycles. The lowest BCUT2D eigenvalue weighted by molar-refractivity contribution is -0.108. The normalized spacial score (nSPS) is 16.8. The fraction of sp³-hybridized carbons (Fsp3) is 0.200. The summed E-state index contributed by atoms with van der Waals surface area (Å²) in [6.07, 6.45) is 10.0. The van der Waals surface area contributed by atoms with Gasteiger partial charge in [0.05, 0.1) is 0 Å². The molecular formula is C30H26O2. The van der Waals surface area contributed by atoms with Crippen molar-refractivity contribution < 1.29 is 9.59 Å². The van der Waals surface area contributed by atoms with Crippen molar-refractivity contribution in [2.75, 3.05) is 0 Å². The topological polar surface area (TPSA) is 34.1 Å². The van der Waals surface area contributed by atoms with Gasteiger partial charge in [-0.3, -0.25) is 4.79 Å². The number of rotatable bonds is 2. The number of Topliss-reactive ketones (excluding diaryl/α,β-unsaturated/α-hetero) is 1. The van der Waals surface area contributed by atoms with Crippen molar-refractivity contribution in [1.29, 1.82) is 0 Å². The largest absolute Gasteiger partial charge is 0.303 e. The first kappa shape index (κ1) is 20.4. The summed E-state index contributed by atoms with van der Waals surface area (Å²) in [5, 5.41) is 5.64. The third-order valence-corrected chi connectivity index (χ3v) is 6.68. The second-order valence-corrected chi connectivity index (χ2v) is 8.61. The maximum Gasteiger partial charge on any atom is 0.170 e. The fourth-order valence-electron chi connectivity index (χ4n) is 5.01. The van der Waals surface area contributed by atoms with Crippen LogP contribution >= 0.6 is 0 Å². The highest BCUT2D eigenvalue weighted by atomic mass is 16.1. The lowest BCUT2D eigenvalue weighted by Crippen LogP contribution is -2.17. The molecule has 0 fully saturated rings. The third-order valence-electron chi connectivity index (χ3n) is 6.68. The van der Waals surface area contributed by atoms with Crippen LogP contribution in [0.25, 0.3) is 27.6 Å². The molecule has 2 heteroatoms. The van der Waals surface area contributed by atoms with Gasteiger partial charge in [0.25, 0.3) is 0 Å². The van der Waals surface area contributed by atoms with Gasteiger partial charge in [0.2, 0.25) is 0 Å². The SMILES string of the molecule is O=CCC1C=Cc2ccccc2C1=O.c1ccc2c(c1)ccc1c3c(ccc12)CCCC3. The van der Waals surface area contributed by atoms with Crippen molar-refractivity contribution in [2.45, 2.75) is 32.1 Å². The summed E-state index contributed by atoms with van der Waals surface area (Å²) in [6, 6.07) is 25.4. The smallest absolute Gasteiger partial charge is 0.170 e. The highest BCUT2D eigenvalue weighted by molar-refractivity contribution is 6.08. The van der Waals surface area contributed by atoms with E-state index in [-0.39, 0.29) is 18.1 Å². The predicted octanol–water partition coefficient (Wildman–Crippen LogP) is 6.97. The van der Waals surface area contributed by atoms with E-state index in [0.29, 0.717) is 0 Å². The van der Waals surface area contributed by atoms with E-state index < -0.39 is 0 Å². The molecule has 0 saturated carbocycles. The van der Waals surface area contributed by atoms with E-state index in [1.807, 2.05) is 24.3 Å². The second kappa shape index (κ2) is 8.92. The Bertz CT molecular complexity index is 1350. The van der Waals surface area contributed by atoms with Gasteiger partial charge in [0.15, 0.2) is 5.78 Å². The summed E-state index contributed by atoms with van der Waals surface area (Å²) in [6.45, 7) is 0. The molecule has 0 spiro atoms. The van der Waals surface area contributed by atoms with Crippen LogP contribution in [-0.4, -0.2) is 12.1 Å². The van der Waals surface area contributed by atoms with E-state index in [1.165, 1.54) is 47.2 Å². The molecule has 0 bridgehead atoms. The summed E-state index contributed by atoms with van der Waals surface area (Å²) in [4.78, 5) is 22.1. The minimum absolute atomic E-state index is 0.0511. The Morgan fingerprint density at radius 1 is 0.781 bits per heavy atom. The van der Waals surface area contributed by atoms with E-state index in [2.05, 4.69) is 48.5 Å². The second-order valence-electron chi connectivity index (χ2n) is 8.61. The monoisotopic (exact) mass is 418 g/mol. The molecule has 2 aliphatic rings. The molecule has 0 radical (unpaired) electrons. The van der Waals surface area contributed by atoms with Gasteiger partial charge in [-0.15, -0.1) is 0 Å². The minimum atomic E-state index is -0.262. The van der Waals surface area contributed by atoms with Crippen molar-refractivity contribution in [2.24, 2.45) is 5.92 Å². The maximum atomic E-state index is 11.8. The fourth-order valence-corrected chi connectivity index (χ4v) is 5.01. The molecule has 158 valence electrons. The molecular weight excluding hydrogens is 392 g/mol. The van der Waals surface area contributed by atoms with Crippen LogP contribution in [-0.2, 0) is 17.6 Å². The third kappa shape index (κ3) is 3.78. The van der Waals surface area contributed by atoms with E-state index in [9.17, 15) is 9.59 Å². The molecule has 0 aliphatic heterocycles. The number of hydrogen-bond donors (Lipinski definition) is 0. The predicted molar refractivity (Wildman–Crippen MR) is 132 cm³/mol. The highest BCUT2D eigenvalue weighted by Crippen LogP contribution is 2.33. The minimum Gasteiger partial charge on any atom is -0.303 e. The highest BCUT2D eigenvalue weighted by Gasteiger charge is 2.22. The summed E-state index contributed by atoms with van der Waals surface area (Å²) >= 11 is 0. The first-order valence-electron chi connectivity index (χ1n) is 11.4. The first-order valence-corrected chi connectivity index (χ1v) is 11.4. The van der Waals surface area contributed by atoms with Gasteiger partial charge in [0.1, 0.15) is 6.29 Å². The van der Waals surface area contributed by atoms with Gasteiger partial charge in [-0.2, -0.15) is 0 Å². The van der Waals surface area contributed by atoms with Gasteiger partial charge in [-0.1, -0.05) is 84.9 Å². The molecule has 32 heavy (non-hydrogen) atoms. The zero-order valence-corrected chi connectivity index (χ0v) is 18.1. The molecule has 6 rings (SSSR count). The number of hydrogen-bond acceptors (Lipinski definition) is 2. The van der Waals surface area contributed by atoms with Crippen LogP contribution in [0.3, 0.4) is 0 Å². The summed E-state index contributed by atoms with van der Waals surface area (Å²) in [5.41, 5.74) is 4.84. The van der Waals surface area contributed by atoms with Crippen LogP contribution in [0.1, 0.15) is 46.3 Å². The van der Waals surface area contributed by atoms with Crippen molar-refractivity contribution in [3.63, 3.8) is 0 Å². The Morgan fingerprint density at radius 2 is 1.56 bits per heavy atom. The molecule has 4 aromatic carbocycles. The molecule has 1 unspecified atom stereocenters. The molecule has 0 saturated heterocycles. The number of allylic oxidation sites excluding steroid dienone is 1. The molecule has 0 heterocycles. The number of aldehydes is 1. The molecule has 4 aromatic rings. The Morgan fingerprint density at radius 3 is 2.47 bits per heavy atom. The van der Waals surface area contributed by atoms with E-state index in [0.717, 1.165) is 17.4 Å². The lowest BCUT2D eigenvalue weighted by atomic mass is 9.86. The van der Waals surface area contributed by atoms with Gasteiger partial charge >= 0.3 is 0 Å². The van der Waals surface area contributed by atoms with E-state index in [4.69, 9.17) is 0 Å². The van der Waals surface area contributed by atoms with Crippen molar-refractivity contribution in [3.05, 3.63) is 101 Å². The van der Waals surface area contributed by atoms with E-state index in [1.54, 1.807) is 23.3 Å². The number of carbonyl (C=O) groups excluding carboxylic acids is 2. The molecule has 2 aliphatic carbocycles. The Hall–Kier alpha value is -3.52. The zero-order valence-electron chi connectivity index (χ0n) is 18.1. The Kier molecular flexibility index (Phi) is 5.68. The van der Waals surface area contributed by atoms with Crippen molar-refractivity contribution >= 4 is 39.7 Å². The standard InChI is InChI=1S/C18H16.C12H10O2/c1-3-7-15-13(5-1)9-11-18-16-8-4-2-6-14(16)10-12-17(15)18;13-8-7-10-6-5-9-3-1-2-4-11(9)12(10)14/h1,3,5,7,9-12H,2,4,6,8H2;1-6,8,10H,7H2. The summed E-state index contributed by atoms with van der Waals surface area (Å²) in [7, 11) is 0. The van der Waals surface area contributed by atoms with Crippen molar-refractivity contribution in [1.82, 2.24) is 0 Å². The van der Waals surface area contributed by atoms with Gasteiger partial charge in [-0.05, 0) is 63.9 Å². The van der Waals surface area contributed by atoms with Gasteiger partial charge in [-0.25, -0.2) is 0 Å². The van der Waals surface area contributed by atoms with Gasteiger partial charge in [0, 0.05) is 17.9 Å².